The molecule has 0 aliphatic heterocycles. The smallest absolute Gasteiger partial charge is 0.248 e. The number of nitrogens with one attached hydrogen (secondary N) is 2. The maximum Gasteiger partial charge on any atom is 0.248 e. The molecule has 5 nitrogen and oxygen atoms in total. The Hall–Kier alpha value is -2.99. The van der Waals surface area contributed by atoms with E-state index in [1.807, 2.05) is 80.7 Å². The van der Waals surface area contributed by atoms with Crippen LogP contribution in [0.5, 0.6) is 0 Å². The van der Waals surface area contributed by atoms with Crippen molar-refractivity contribution in [2.24, 2.45) is 5.92 Å². The molecule has 0 aliphatic rings. The van der Waals surface area contributed by atoms with Gasteiger partial charge in [-0.25, -0.2) is 4.98 Å². The molecule has 6 heteroatoms. The molecule has 29 heavy (non-hydrogen) atoms. The van der Waals surface area contributed by atoms with Gasteiger partial charge in [-0.2, -0.15) is 0 Å². The Morgan fingerprint density at radius 3 is 2.38 bits per heavy atom. The lowest BCUT2D eigenvalue weighted by Gasteiger charge is -2.21. The van der Waals surface area contributed by atoms with Gasteiger partial charge in [0.1, 0.15) is 6.04 Å². The fourth-order valence-corrected chi connectivity index (χ4v) is 3.63. The van der Waals surface area contributed by atoms with Gasteiger partial charge < -0.3 is 10.6 Å². The Labute approximate surface area is 175 Å². The number of carbonyl (C=O) groups excluding carboxylic acids is 2. The van der Waals surface area contributed by atoms with Crippen molar-refractivity contribution in [2.75, 3.05) is 5.32 Å². The normalized spacial score (nSPS) is 11.9. The van der Waals surface area contributed by atoms with E-state index in [4.69, 9.17) is 0 Å². The summed E-state index contributed by atoms with van der Waals surface area (Å²) in [5.41, 5.74) is 3.92. The van der Waals surface area contributed by atoms with E-state index in [1.54, 1.807) is 0 Å². The highest BCUT2D eigenvalue weighted by Gasteiger charge is 2.25. The first-order valence-corrected chi connectivity index (χ1v) is 10.5. The van der Waals surface area contributed by atoms with Crippen molar-refractivity contribution in [3.63, 3.8) is 0 Å². The van der Waals surface area contributed by atoms with Gasteiger partial charge in [0.25, 0.3) is 0 Å². The Bertz CT molecular complexity index is 965. The number of rotatable bonds is 7. The fourth-order valence-electron chi connectivity index (χ4n) is 2.91. The van der Waals surface area contributed by atoms with Crippen LogP contribution in [0.2, 0.25) is 0 Å². The molecule has 0 saturated carbocycles. The van der Waals surface area contributed by atoms with Crippen molar-refractivity contribution in [3.05, 3.63) is 71.1 Å². The van der Waals surface area contributed by atoms with Gasteiger partial charge in [0, 0.05) is 10.9 Å². The number of nitrogens with zero attached hydrogens (tertiary/aromatic N) is 1. The zero-order valence-electron chi connectivity index (χ0n) is 16.8. The number of hydrogen-bond donors (Lipinski definition) is 2. The minimum Gasteiger partial charge on any atom is -0.344 e. The molecule has 0 fully saturated rings. The van der Waals surface area contributed by atoms with Gasteiger partial charge in [0.2, 0.25) is 11.8 Å². The van der Waals surface area contributed by atoms with Gasteiger partial charge in [-0.1, -0.05) is 74.0 Å². The SMILES string of the molecule is Cc1ccc(-c2csc(NC(=O)C(NC(=O)Cc3ccccc3)C(C)C)n2)cc1. The Balaban J connectivity index is 1.64. The summed E-state index contributed by atoms with van der Waals surface area (Å²) >= 11 is 1.37. The predicted molar refractivity (Wildman–Crippen MR) is 118 cm³/mol. The first-order chi connectivity index (χ1) is 13.9. The zero-order chi connectivity index (χ0) is 20.8. The summed E-state index contributed by atoms with van der Waals surface area (Å²) < 4.78 is 0. The molecule has 150 valence electrons. The number of benzene rings is 2. The molecule has 0 saturated heterocycles. The van der Waals surface area contributed by atoms with Crippen LogP contribution in [0.25, 0.3) is 11.3 Å². The largest absolute Gasteiger partial charge is 0.344 e. The first-order valence-electron chi connectivity index (χ1n) is 9.59. The van der Waals surface area contributed by atoms with Crippen LogP contribution in [0, 0.1) is 12.8 Å². The molecule has 2 amide bonds. The van der Waals surface area contributed by atoms with E-state index in [2.05, 4.69) is 15.6 Å². The second kappa shape index (κ2) is 9.47. The van der Waals surface area contributed by atoms with Gasteiger partial charge in [-0.3, -0.25) is 9.59 Å². The number of anilines is 1. The average Bonchev–Trinajstić information content (AvgIpc) is 3.15. The summed E-state index contributed by atoms with van der Waals surface area (Å²) in [6.07, 6.45) is 0.242. The van der Waals surface area contributed by atoms with E-state index in [1.165, 1.54) is 16.9 Å². The Kier molecular flexibility index (Phi) is 6.77. The molecule has 1 aromatic heterocycles. The number of thiazole rings is 1. The third kappa shape index (κ3) is 5.74. The minimum absolute atomic E-state index is 0.0498. The topological polar surface area (TPSA) is 71.1 Å². The quantitative estimate of drug-likeness (QED) is 0.608. The summed E-state index contributed by atoms with van der Waals surface area (Å²) in [4.78, 5) is 29.7. The summed E-state index contributed by atoms with van der Waals surface area (Å²) in [5.74, 6) is -0.484. The van der Waals surface area contributed by atoms with E-state index in [0.717, 1.165) is 16.8 Å². The van der Waals surface area contributed by atoms with E-state index in [0.29, 0.717) is 5.13 Å². The maximum absolute atomic E-state index is 12.8. The monoisotopic (exact) mass is 407 g/mol. The van der Waals surface area contributed by atoms with Crippen molar-refractivity contribution >= 4 is 28.3 Å². The van der Waals surface area contributed by atoms with Crippen LogP contribution in [0.4, 0.5) is 5.13 Å². The number of amides is 2. The average molecular weight is 408 g/mol. The van der Waals surface area contributed by atoms with Crippen LogP contribution < -0.4 is 10.6 Å². The molecule has 0 bridgehead atoms. The lowest BCUT2D eigenvalue weighted by atomic mass is 10.0. The highest BCUT2D eigenvalue weighted by atomic mass is 32.1. The second-order valence-electron chi connectivity index (χ2n) is 7.34. The van der Waals surface area contributed by atoms with Crippen molar-refractivity contribution in [2.45, 2.75) is 33.2 Å². The van der Waals surface area contributed by atoms with Gasteiger partial charge in [-0.05, 0) is 18.4 Å². The molecule has 0 aliphatic carbocycles. The lowest BCUT2D eigenvalue weighted by Crippen LogP contribution is -2.47. The van der Waals surface area contributed by atoms with Crippen LogP contribution in [-0.4, -0.2) is 22.8 Å². The van der Waals surface area contributed by atoms with E-state index >= 15 is 0 Å². The highest BCUT2D eigenvalue weighted by molar-refractivity contribution is 7.14. The van der Waals surface area contributed by atoms with E-state index < -0.39 is 6.04 Å². The fraction of sp³-hybridized carbons (Fsp3) is 0.261. The molecule has 3 rings (SSSR count). The maximum atomic E-state index is 12.8. The lowest BCUT2D eigenvalue weighted by molar-refractivity contribution is -0.127. The number of aromatic nitrogens is 1. The van der Waals surface area contributed by atoms with Crippen molar-refractivity contribution in [1.82, 2.24) is 10.3 Å². The molecular formula is C23H25N3O2S. The van der Waals surface area contributed by atoms with Gasteiger partial charge in [-0.15, -0.1) is 11.3 Å². The van der Waals surface area contributed by atoms with Crippen LogP contribution in [0.1, 0.15) is 25.0 Å². The molecule has 1 heterocycles. The number of aryl methyl sites for hydroxylation is 1. The third-order valence-electron chi connectivity index (χ3n) is 4.55. The first kappa shape index (κ1) is 20.7. The van der Waals surface area contributed by atoms with Crippen LogP contribution in [-0.2, 0) is 16.0 Å². The van der Waals surface area contributed by atoms with Crippen molar-refractivity contribution in [1.29, 1.82) is 0 Å². The number of hydrogen-bond acceptors (Lipinski definition) is 4. The van der Waals surface area contributed by atoms with Gasteiger partial charge >= 0.3 is 0 Å². The van der Waals surface area contributed by atoms with Crippen molar-refractivity contribution < 1.29 is 9.59 Å². The summed E-state index contributed by atoms with van der Waals surface area (Å²) in [5, 5.41) is 8.14. The van der Waals surface area contributed by atoms with E-state index in [-0.39, 0.29) is 24.2 Å². The standard InChI is InChI=1S/C23H25N3O2S/c1-15(2)21(25-20(27)13-17-7-5-4-6-8-17)22(28)26-23-24-19(14-29-23)18-11-9-16(3)10-12-18/h4-12,14-15,21H,13H2,1-3H3,(H,25,27)(H,24,26,28). The Morgan fingerprint density at radius 2 is 1.72 bits per heavy atom. The second-order valence-corrected chi connectivity index (χ2v) is 8.20. The summed E-state index contributed by atoms with van der Waals surface area (Å²) in [6.45, 7) is 5.86. The van der Waals surface area contributed by atoms with Gasteiger partial charge in [0.05, 0.1) is 12.1 Å². The molecule has 1 atom stereocenters. The van der Waals surface area contributed by atoms with Crippen LogP contribution in [0.15, 0.2) is 60.0 Å². The molecule has 0 spiro atoms. The van der Waals surface area contributed by atoms with Gasteiger partial charge in [0.15, 0.2) is 5.13 Å². The third-order valence-corrected chi connectivity index (χ3v) is 5.31. The molecule has 1 unspecified atom stereocenters. The zero-order valence-corrected chi connectivity index (χ0v) is 17.6. The molecule has 0 radical (unpaired) electrons. The van der Waals surface area contributed by atoms with Crippen LogP contribution in [0.3, 0.4) is 0 Å². The summed E-state index contributed by atoms with van der Waals surface area (Å²) in [7, 11) is 0. The molecular weight excluding hydrogens is 382 g/mol. The van der Waals surface area contributed by atoms with E-state index in [9.17, 15) is 9.59 Å². The highest BCUT2D eigenvalue weighted by Crippen LogP contribution is 2.25. The summed E-state index contributed by atoms with van der Waals surface area (Å²) in [6, 6.07) is 16.9. The number of carbonyl (C=O) groups is 2. The molecule has 3 aromatic rings. The van der Waals surface area contributed by atoms with Crippen LogP contribution >= 0.6 is 11.3 Å². The predicted octanol–water partition coefficient (Wildman–Crippen LogP) is 4.44. The Morgan fingerprint density at radius 1 is 1.03 bits per heavy atom. The molecule has 2 aromatic carbocycles. The van der Waals surface area contributed by atoms with Crippen molar-refractivity contribution in [3.8, 4) is 11.3 Å². The molecule has 2 N–H and O–H groups in total. The minimum atomic E-state index is -0.627.